The molecular formula is C20H16ClN3O4. The molecule has 0 spiro atoms. The largest absolute Gasteiger partial charge is 0.478 e. The molecule has 7 nitrogen and oxygen atoms in total. The molecule has 4 rings (SSSR count). The van der Waals surface area contributed by atoms with Gasteiger partial charge < -0.3 is 15.3 Å². The van der Waals surface area contributed by atoms with Crippen molar-refractivity contribution < 1.29 is 19.5 Å². The predicted octanol–water partition coefficient (Wildman–Crippen LogP) is 3.04. The maximum absolute atomic E-state index is 13.2. The molecule has 8 heteroatoms. The highest BCUT2D eigenvalue weighted by Crippen LogP contribution is 2.37. The Bertz CT molecular complexity index is 1030. The first-order chi connectivity index (χ1) is 13.4. The van der Waals surface area contributed by atoms with Crippen LogP contribution < -0.4 is 10.2 Å². The third kappa shape index (κ3) is 2.90. The normalized spacial score (nSPS) is 19.0. The number of carbonyl (C=O) groups is 3. The van der Waals surface area contributed by atoms with Crippen molar-refractivity contribution in [3.63, 3.8) is 0 Å². The number of amides is 3. The summed E-state index contributed by atoms with van der Waals surface area (Å²) in [5, 5.41) is 12.6. The minimum atomic E-state index is -1.07. The summed E-state index contributed by atoms with van der Waals surface area (Å²) < 4.78 is 0. The molecule has 0 saturated heterocycles. The molecule has 2 heterocycles. The van der Waals surface area contributed by atoms with Crippen molar-refractivity contribution in [3.05, 3.63) is 76.0 Å². The number of nitrogens with zero attached hydrogens (tertiary/aromatic N) is 2. The number of carboxylic acid groups (broad SMARTS) is 1. The van der Waals surface area contributed by atoms with Crippen molar-refractivity contribution in [2.75, 3.05) is 18.5 Å². The molecule has 0 bridgehead atoms. The van der Waals surface area contributed by atoms with Crippen molar-refractivity contribution in [1.82, 2.24) is 10.2 Å². The van der Waals surface area contributed by atoms with E-state index in [9.17, 15) is 19.5 Å². The lowest BCUT2D eigenvalue weighted by molar-refractivity contribution is -0.114. The Labute approximate surface area is 165 Å². The van der Waals surface area contributed by atoms with Crippen molar-refractivity contribution in [2.24, 2.45) is 0 Å². The van der Waals surface area contributed by atoms with Gasteiger partial charge >= 0.3 is 12.0 Å². The lowest BCUT2D eigenvalue weighted by Gasteiger charge is -2.31. The Hall–Kier alpha value is -3.32. The van der Waals surface area contributed by atoms with E-state index >= 15 is 0 Å². The van der Waals surface area contributed by atoms with E-state index in [1.165, 1.54) is 21.9 Å². The zero-order chi connectivity index (χ0) is 20.0. The zero-order valence-electron chi connectivity index (χ0n) is 14.8. The SMILES string of the molecule is CN1C(=O)N[C@@H](c2ccc(Cl)cc2)C2=C1CN(c1cccc(C(=O)O)c1)C2=O. The number of hydrogen-bond acceptors (Lipinski definition) is 3. The number of carbonyl (C=O) groups excluding carboxylic acids is 2. The number of hydrogen-bond donors (Lipinski definition) is 2. The quantitative estimate of drug-likeness (QED) is 0.833. The number of likely N-dealkylation sites (N-methyl/N-ethyl adjacent to an activating group) is 1. The van der Waals surface area contributed by atoms with Crippen LogP contribution in [0.15, 0.2) is 59.8 Å². The number of benzene rings is 2. The summed E-state index contributed by atoms with van der Waals surface area (Å²) in [6.07, 6.45) is 0. The van der Waals surface area contributed by atoms with Crippen LogP contribution in [0, 0.1) is 0 Å². The second kappa shape index (κ2) is 6.69. The van der Waals surface area contributed by atoms with Gasteiger partial charge in [-0.15, -0.1) is 0 Å². The van der Waals surface area contributed by atoms with E-state index < -0.39 is 12.0 Å². The molecule has 0 unspecified atom stereocenters. The number of urea groups is 1. The minimum absolute atomic E-state index is 0.0898. The van der Waals surface area contributed by atoms with E-state index in [0.29, 0.717) is 22.0 Å². The standard InChI is InChI=1S/C20H16ClN3O4/c1-23-15-10-24(14-4-2-3-12(9-14)19(26)27)18(25)16(15)17(22-20(23)28)11-5-7-13(21)8-6-11/h2-9,17H,10H2,1H3,(H,22,28)(H,26,27)/t17-/m0/s1. The number of aromatic carboxylic acids is 1. The molecule has 2 aliphatic rings. The molecule has 28 heavy (non-hydrogen) atoms. The molecule has 1 atom stereocenters. The number of anilines is 1. The van der Waals surface area contributed by atoms with Gasteiger partial charge in [0.1, 0.15) is 0 Å². The van der Waals surface area contributed by atoms with Crippen molar-refractivity contribution in [1.29, 1.82) is 0 Å². The van der Waals surface area contributed by atoms with Gasteiger partial charge in [-0.2, -0.15) is 0 Å². The molecule has 3 amide bonds. The molecule has 2 N–H and O–H groups in total. The van der Waals surface area contributed by atoms with Gasteiger partial charge in [0.05, 0.1) is 29.4 Å². The van der Waals surface area contributed by atoms with E-state index in [2.05, 4.69) is 5.32 Å². The summed E-state index contributed by atoms with van der Waals surface area (Å²) in [6, 6.07) is 12.2. The molecule has 0 saturated carbocycles. The second-order valence-corrected chi connectivity index (χ2v) is 7.04. The summed E-state index contributed by atoms with van der Waals surface area (Å²) in [4.78, 5) is 39.8. The predicted molar refractivity (Wildman–Crippen MR) is 103 cm³/mol. The van der Waals surface area contributed by atoms with Gasteiger partial charge in [0.2, 0.25) is 0 Å². The van der Waals surface area contributed by atoms with Gasteiger partial charge in [0.15, 0.2) is 0 Å². The van der Waals surface area contributed by atoms with Crippen molar-refractivity contribution in [3.8, 4) is 0 Å². The van der Waals surface area contributed by atoms with Crippen molar-refractivity contribution >= 4 is 35.2 Å². The number of halogens is 1. The Balaban J connectivity index is 1.75. The Morgan fingerprint density at radius 1 is 1.18 bits per heavy atom. The van der Waals surface area contributed by atoms with Crippen LogP contribution in [-0.4, -0.2) is 41.5 Å². The molecule has 2 aromatic carbocycles. The molecule has 142 valence electrons. The fraction of sp³-hybridized carbons (Fsp3) is 0.150. The maximum atomic E-state index is 13.2. The average Bonchev–Trinajstić information content (AvgIpc) is 3.03. The van der Waals surface area contributed by atoms with E-state index in [4.69, 9.17) is 11.6 Å². The minimum Gasteiger partial charge on any atom is -0.478 e. The molecular weight excluding hydrogens is 382 g/mol. The maximum Gasteiger partial charge on any atom is 0.335 e. The molecule has 2 aromatic rings. The summed E-state index contributed by atoms with van der Waals surface area (Å²) in [6.45, 7) is 0.186. The van der Waals surface area contributed by atoms with Crippen LogP contribution in [0.4, 0.5) is 10.5 Å². The lowest BCUT2D eigenvalue weighted by Crippen LogP contribution is -2.45. The third-order valence-electron chi connectivity index (χ3n) is 4.97. The van der Waals surface area contributed by atoms with Crippen molar-refractivity contribution in [2.45, 2.75) is 6.04 Å². The monoisotopic (exact) mass is 397 g/mol. The fourth-order valence-corrected chi connectivity index (χ4v) is 3.61. The fourth-order valence-electron chi connectivity index (χ4n) is 3.49. The first-order valence-electron chi connectivity index (χ1n) is 8.55. The van der Waals surface area contributed by atoms with Gasteiger partial charge in [-0.3, -0.25) is 9.69 Å². The number of rotatable bonds is 3. The van der Waals surface area contributed by atoms with E-state index in [-0.39, 0.29) is 24.0 Å². The lowest BCUT2D eigenvalue weighted by atomic mass is 9.96. The second-order valence-electron chi connectivity index (χ2n) is 6.60. The first-order valence-corrected chi connectivity index (χ1v) is 8.92. The van der Waals surface area contributed by atoms with Gasteiger partial charge in [-0.25, -0.2) is 9.59 Å². The molecule has 0 aliphatic carbocycles. The van der Waals surface area contributed by atoms with Gasteiger partial charge in [-0.05, 0) is 35.9 Å². The number of nitrogens with one attached hydrogen (secondary N) is 1. The van der Waals surface area contributed by atoms with Crippen LogP contribution in [0.25, 0.3) is 0 Å². The third-order valence-corrected chi connectivity index (χ3v) is 5.22. The molecule has 0 aromatic heterocycles. The van der Waals surface area contributed by atoms with Gasteiger partial charge in [0, 0.05) is 17.8 Å². The van der Waals surface area contributed by atoms with E-state index in [1.807, 2.05) is 0 Å². The summed E-state index contributed by atoms with van der Waals surface area (Å²) in [5.41, 5.74) is 2.36. The highest BCUT2D eigenvalue weighted by atomic mass is 35.5. The average molecular weight is 398 g/mol. The van der Waals surface area contributed by atoms with E-state index in [0.717, 1.165) is 5.56 Å². The van der Waals surface area contributed by atoms with Gasteiger partial charge in [-0.1, -0.05) is 29.8 Å². The summed E-state index contributed by atoms with van der Waals surface area (Å²) >= 11 is 5.96. The summed E-state index contributed by atoms with van der Waals surface area (Å²) in [7, 11) is 1.60. The topological polar surface area (TPSA) is 90.0 Å². The Morgan fingerprint density at radius 3 is 2.57 bits per heavy atom. The van der Waals surface area contributed by atoms with Crippen LogP contribution in [0.3, 0.4) is 0 Å². The van der Waals surface area contributed by atoms with E-state index in [1.54, 1.807) is 43.4 Å². The first kappa shape index (κ1) is 18.1. The van der Waals surface area contributed by atoms with Gasteiger partial charge in [0.25, 0.3) is 5.91 Å². The van der Waals surface area contributed by atoms with Crippen LogP contribution in [-0.2, 0) is 4.79 Å². The molecule has 0 radical (unpaired) electrons. The Kier molecular flexibility index (Phi) is 4.31. The smallest absolute Gasteiger partial charge is 0.335 e. The highest BCUT2D eigenvalue weighted by Gasteiger charge is 2.43. The Morgan fingerprint density at radius 2 is 1.89 bits per heavy atom. The number of carboxylic acids is 1. The molecule has 2 aliphatic heterocycles. The highest BCUT2D eigenvalue weighted by molar-refractivity contribution is 6.30. The molecule has 0 fully saturated rings. The van der Waals surface area contributed by atoms with Crippen LogP contribution in [0.1, 0.15) is 22.0 Å². The van der Waals surface area contributed by atoms with Crippen LogP contribution in [0.2, 0.25) is 5.02 Å². The van der Waals surface area contributed by atoms with Crippen LogP contribution >= 0.6 is 11.6 Å². The summed E-state index contributed by atoms with van der Waals surface area (Å²) in [5.74, 6) is -1.34. The zero-order valence-corrected chi connectivity index (χ0v) is 15.6. The van der Waals surface area contributed by atoms with Crippen LogP contribution in [0.5, 0.6) is 0 Å².